The van der Waals surface area contributed by atoms with E-state index in [1.165, 1.54) is 5.56 Å². The molecule has 116 valence electrons. The smallest absolute Gasteiger partial charge is 0.319 e. The third kappa shape index (κ3) is 3.10. The molecule has 0 saturated heterocycles. The van der Waals surface area contributed by atoms with Gasteiger partial charge in [0.2, 0.25) is 0 Å². The summed E-state index contributed by atoms with van der Waals surface area (Å²) in [6.45, 7) is 5.62. The number of carbonyl (C=O) groups is 1. The Balaban J connectivity index is 1.54. The van der Waals surface area contributed by atoms with Crippen LogP contribution >= 0.6 is 0 Å². The number of nitrogens with zero attached hydrogens (tertiary/aromatic N) is 3. The summed E-state index contributed by atoms with van der Waals surface area (Å²) >= 11 is 0. The first-order chi connectivity index (χ1) is 10.6. The Labute approximate surface area is 129 Å². The third-order valence-corrected chi connectivity index (χ3v) is 3.93. The minimum absolute atomic E-state index is 0.229. The summed E-state index contributed by atoms with van der Waals surface area (Å²) in [7, 11) is 0. The van der Waals surface area contributed by atoms with E-state index in [2.05, 4.69) is 39.2 Å². The molecule has 2 amide bonds. The fourth-order valence-electron chi connectivity index (χ4n) is 2.63. The summed E-state index contributed by atoms with van der Waals surface area (Å²) in [4.78, 5) is 11.9. The Bertz CT molecular complexity index is 660. The molecular weight excluding hydrogens is 278 g/mol. The molecule has 1 aliphatic rings. The zero-order valence-electron chi connectivity index (χ0n) is 13.0. The first-order valence-corrected chi connectivity index (χ1v) is 7.69. The van der Waals surface area contributed by atoms with Crippen LogP contribution in [0.4, 0.5) is 10.5 Å². The molecule has 6 heteroatoms. The highest BCUT2D eigenvalue weighted by molar-refractivity contribution is 5.89. The average molecular weight is 299 g/mol. The van der Waals surface area contributed by atoms with E-state index in [1.807, 2.05) is 24.3 Å². The van der Waals surface area contributed by atoms with E-state index < -0.39 is 0 Å². The second-order valence-electron chi connectivity index (χ2n) is 5.87. The number of hydrogen-bond acceptors (Lipinski definition) is 3. The molecule has 2 heterocycles. The number of nitrogens with one attached hydrogen (secondary N) is 2. The molecule has 0 bridgehead atoms. The molecule has 2 N–H and O–H groups in total. The summed E-state index contributed by atoms with van der Waals surface area (Å²) in [5, 5.41) is 13.9. The van der Waals surface area contributed by atoms with Gasteiger partial charge in [-0.2, -0.15) is 0 Å². The lowest BCUT2D eigenvalue weighted by Gasteiger charge is -2.09. The van der Waals surface area contributed by atoms with Crippen LogP contribution in [-0.4, -0.2) is 20.8 Å². The largest absolute Gasteiger partial charge is 0.331 e. The molecule has 2 aromatic rings. The van der Waals surface area contributed by atoms with Crippen molar-refractivity contribution in [3.05, 3.63) is 41.5 Å². The van der Waals surface area contributed by atoms with Crippen LogP contribution in [-0.2, 0) is 19.5 Å². The number of aromatic nitrogens is 3. The molecule has 1 aliphatic heterocycles. The lowest BCUT2D eigenvalue weighted by atomic mass is 10.0. The van der Waals surface area contributed by atoms with E-state index in [1.54, 1.807) is 0 Å². The maximum absolute atomic E-state index is 11.9. The molecule has 1 aromatic heterocycles. The lowest BCUT2D eigenvalue weighted by Crippen LogP contribution is -2.29. The number of anilines is 1. The van der Waals surface area contributed by atoms with Gasteiger partial charge in [0.25, 0.3) is 0 Å². The number of carbonyl (C=O) groups excluding carboxylic acids is 1. The standard InChI is InChI=1S/C16H21N5O/c1-11(2)12-5-7-13(8-6-12)18-16(22)17-10-15-20-19-14-4-3-9-21(14)15/h5-8,11H,3-4,9-10H2,1-2H3,(H2,17,18,22). The van der Waals surface area contributed by atoms with Crippen LogP contribution < -0.4 is 10.6 Å². The van der Waals surface area contributed by atoms with Crippen molar-refractivity contribution in [2.24, 2.45) is 0 Å². The Morgan fingerprint density at radius 3 is 2.77 bits per heavy atom. The molecule has 6 nitrogen and oxygen atoms in total. The Morgan fingerprint density at radius 2 is 2.05 bits per heavy atom. The molecule has 0 saturated carbocycles. The number of rotatable bonds is 4. The number of benzene rings is 1. The zero-order chi connectivity index (χ0) is 15.5. The Hall–Kier alpha value is -2.37. The van der Waals surface area contributed by atoms with Crippen LogP contribution in [0.3, 0.4) is 0 Å². The van der Waals surface area contributed by atoms with Crippen LogP contribution in [0.25, 0.3) is 0 Å². The van der Waals surface area contributed by atoms with Gasteiger partial charge in [0.1, 0.15) is 5.82 Å². The second kappa shape index (κ2) is 6.17. The number of fused-ring (bicyclic) bond motifs is 1. The fourth-order valence-corrected chi connectivity index (χ4v) is 2.63. The summed E-state index contributed by atoms with van der Waals surface area (Å²) in [6.07, 6.45) is 2.08. The van der Waals surface area contributed by atoms with Crippen molar-refractivity contribution in [1.82, 2.24) is 20.1 Å². The molecule has 3 rings (SSSR count). The van der Waals surface area contributed by atoms with Gasteiger partial charge in [0.15, 0.2) is 5.82 Å². The van der Waals surface area contributed by atoms with Gasteiger partial charge in [-0.05, 0) is 30.0 Å². The zero-order valence-corrected chi connectivity index (χ0v) is 13.0. The van der Waals surface area contributed by atoms with Crippen molar-refractivity contribution in [3.63, 3.8) is 0 Å². The highest BCUT2D eigenvalue weighted by atomic mass is 16.2. The van der Waals surface area contributed by atoms with Crippen LogP contribution in [0.5, 0.6) is 0 Å². The lowest BCUT2D eigenvalue weighted by molar-refractivity contribution is 0.251. The molecule has 0 unspecified atom stereocenters. The quantitative estimate of drug-likeness (QED) is 0.911. The van der Waals surface area contributed by atoms with E-state index in [0.717, 1.165) is 36.7 Å². The molecule has 22 heavy (non-hydrogen) atoms. The van der Waals surface area contributed by atoms with Gasteiger partial charge in [-0.3, -0.25) is 0 Å². The van der Waals surface area contributed by atoms with E-state index >= 15 is 0 Å². The maximum atomic E-state index is 11.9. The van der Waals surface area contributed by atoms with Gasteiger partial charge in [-0.15, -0.1) is 10.2 Å². The predicted octanol–water partition coefficient (Wildman–Crippen LogP) is 2.67. The summed E-state index contributed by atoms with van der Waals surface area (Å²) in [5.41, 5.74) is 2.04. The van der Waals surface area contributed by atoms with E-state index in [4.69, 9.17) is 0 Å². The third-order valence-electron chi connectivity index (χ3n) is 3.93. The molecule has 1 aromatic carbocycles. The number of aryl methyl sites for hydroxylation is 1. The van der Waals surface area contributed by atoms with Gasteiger partial charge in [-0.1, -0.05) is 26.0 Å². The summed E-state index contributed by atoms with van der Waals surface area (Å²) in [5.74, 6) is 2.32. The Kier molecular flexibility index (Phi) is 4.09. The van der Waals surface area contributed by atoms with Gasteiger partial charge >= 0.3 is 6.03 Å². The number of urea groups is 1. The fraction of sp³-hybridized carbons (Fsp3) is 0.438. The molecular formula is C16H21N5O. The number of amides is 2. The van der Waals surface area contributed by atoms with Crippen LogP contribution in [0.2, 0.25) is 0 Å². The highest BCUT2D eigenvalue weighted by Gasteiger charge is 2.17. The van der Waals surface area contributed by atoms with Crippen molar-refractivity contribution < 1.29 is 4.79 Å². The average Bonchev–Trinajstić information content (AvgIpc) is 3.09. The summed E-state index contributed by atoms with van der Waals surface area (Å²) < 4.78 is 2.08. The van der Waals surface area contributed by atoms with Crippen LogP contribution in [0.15, 0.2) is 24.3 Å². The van der Waals surface area contributed by atoms with E-state index in [0.29, 0.717) is 12.5 Å². The topological polar surface area (TPSA) is 71.8 Å². The maximum Gasteiger partial charge on any atom is 0.319 e. The van der Waals surface area contributed by atoms with Crippen molar-refractivity contribution >= 4 is 11.7 Å². The summed E-state index contributed by atoms with van der Waals surface area (Å²) in [6, 6.07) is 7.68. The highest BCUT2D eigenvalue weighted by Crippen LogP contribution is 2.17. The van der Waals surface area contributed by atoms with Gasteiger partial charge in [0.05, 0.1) is 6.54 Å². The van der Waals surface area contributed by atoms with Gasteiger partial charge in [0, 0.05) is 18.7 Å². The van der Waals surface area contributed by atoms with Gasteiger partial charge < -0.3 is 15.2 Å². The minimum atomic E-state index is -0.229. The SMILES string of the molecule is CC(C)c1ccc(NC(=O)NCc2nnc3n2CCC3)cc1. The molecule has 0 radical (unpaired) electrons. The predicted molar refractivity (Wildman–Crippen MR) is 84.7 cm³/mol. The molecule has 0 fully saturated rings. The monoisotopic (exact) mass is 299 g/mol. The second-order valence-corrected chi connectivity index (χ2v) is 5.87. The first kappa shape index (κ1) is 14.6. The van der Waals surface area contributed by atoms with Crippen molar-refractivity contribution in [2.75, 3.05) is 5.32 Å². The van der Waals surface area contributed by atoms with Crippen molar-refractivity contribution in [2.45, 2.75) is 45.7 Å². The van der Waals surface area contributed by atoms with Gasteiger partial charge in [-0.25, -0.2) is 4.79 Å². The minimum Gasteiger partial charge on any atom is -0.331 e. The molecule has 0 spiro atoms. The van der Waals surface area contributed by atoms with E-state index in [9.17, 15) is 4.79 Å². The van der Waals surface area contributed by atoms with Crippen molar-refractivity contribution in [3.8, 4) is 0 Å². The molecule has 0 atom stereocenters. The Morgan fingerprint density at radius 1 is 1.27 bits per heavy atom. The first-order valence-electron chi connectivity index (χ1n) is 7.69. The van der Waals surface area contributed by atoms with Crippen LogP contribution in [0.1, 0.15) is 43.4 Å². The molecule has 0 aliphatic carbocycles. The van der Waals surface area contributed by atoms with Crippen molar-refractivity contribution in [1.29, 1.82) is 0 Å². The van der Waals surface area contributed by atoms with Crippen LogP contribution in [0, 0.1) is 0 Å². The number of hydrogen-bond donors (Lipinski definition) is 2. The normalized spacial score (nSPS) is 13.2. The van der Waals surface area contributed by atoms with E-state index in [-0.39, 0.29) is 6.03 Å².